The lowest BCUT2D eigenvalue weighted by Gasteiger charge is -2.33. The van der Waals surface area contributed by atoms with E-state index < -0.39 is 11.5 Å². The summed E-state index contributed by atoms with van der Waals surface area (Å²) in [7, 11) is 0. The number of carbonyl (C=O) groups excluding carboxylic acids is 1. The Labute approximate surface area is 113 Å². The van der Waals surface area contributed by atoms with Gasteiger partial charge in [0, 0.05) is 0 Å². The molecular formula is C13H23NO3S. The Bertz CT molecular complexity index is 288. The zero-order valence-corrected chi connectivity index (χ0v) is 11.9. The van der Waals surface area contributed by atoms with Gasteiger partial charge in [-0.1, -0.05) is 32.6 Å². The first-order valence-electron chi connectivity index (χ1n) is 6.73. The Hall–Kier alpha value is -0.710. The largest absolute Gasteiger partial charge is 0.480 e. The third kappa shape index (κ3) is 4.52. The summed E-state index contributed by atoms with van der Waals surface area (Å²) in [5, 5.41) is 12.1. The third-order valence-corrected chi connectivity index (χ3v) is 4.41. The van der Waals surface area contributed by atoms with Gasteiger partial charge in [-0.2, -0.15) is 11.8 Å². The van der Waals surface area contributed by atoms with Crippen LogP contribution in [0.15, 0.2) is 0 Å². The van der Waals surface area contributed by atoms with Crippen molar-refractivity contribution in [3.8, 4) is 0 Å². The Balaban J connectivity index is 2.41. The van der Waals surface area contributed by atoms with Gasteiger partial charge in [0.1, 0.15) is 5.54 Å². The van der Waals surface area contributed by atoms with Crippen LogP contribution in [0.2, 0.25) is 0 Å². The van der Waals surface area contributed by atoms with Crippen LogP contribution in [-0.2, 0) is 9.59 Å². The van der Waals surface area contributed by atoms with Gasteiger partial charge in [0.15, 0.2) is 0 Å². The number of amides is 1. The molecule has 0 aliphatic heterocycles. The van der Waals surface area contributed by atoms with E-state index >= 15 is 0 Å². The first-order chi connectivity index (χ1) is 8.60. The molecular weight excluding hydrogens is 250 g/mol. The zero-order valence-electron chi connectivity index (χ0n) is 11.0. The molecule has 0 unspecified atom stereocenters. The molecule has 104 valence electrons. The molecule has 0 aromatic rings. The normalized spacial score (nSPS) is 18.3. The predicted octanol–water partition coefficient (Wildman–Crippen LogP) is 2.42. The van der Waals surface area contributed by atoms with Crippen LogP contribution in [0.1, 0.15) is 51.9 Å². The minimum absolute atomic E-state index is 0.139. The minimum Gasteiger partial charge on any atom is -0.480 e. The van der Waals surface area contributed by atoms with Crippen molar-refractivity contribution in [1.82, 2.24) is 5.32 Å². The van der Waals surface area contributed by atoms with Crippen LogP contribution >= 0.6 is 11.8 Å². The van der Waals surface area contributed by atoms with Crippen LogP contribution < -0.4 is 5.32 Å². The number of aliphatic carboxylic acids is 1. The van der Waals surface area contributed by atoms with Gasteiger partial charge < -0.3 is 10.4 Å². The number of rotatable bonds is 7. The lowest BCUT2D eigenvalue weighted by Crippen LogP contribution is -2.56. The summed E-state index contributed by atoms with van der Waals surface area (Å²) in [6.07, 6.45) is 6.18. The molecule has 0 aromatic carbocycles. The molecule has 1 rings (SSSR count). The van der Waals surface area contributed by atoms with E-state index in [2.05, 4.69) is 12.2 Å². The predicted molar refractivity (Wildman–Crippen MR) is 73.8 cm³/mol. The Morgan fingerprint density at radius 3 is 2.50 bits per heavy atom. The maximum absolute atomic E-state index is 11.8. The molecule has 0 heterocycles. The number of hydrogen-bond donors (Lipinski definition) is 2. The maximum atomic E-state index is 11.8. The van der Waals surface area contributed by atoms with Gasteiger partial charge in [0.05, 0.1) is 5.75 Å². The lowest BCUT2D eigenvalue weighted by molar-refractivity contribution is -0.148. The molecule has 5 heteroatoms. The van der Waals surface area contributed by atoms with Crippen molar-refractivity contribution < 1.29 is 14.7 Å². The van der Waals surface area contributed by atoms with Gasteiger partial charge in [0.2, 0.25) is 5.91 Å². The van der Waals surface area contributed by atoms with E-state index in [4.69, 9.17) is 0 Å². The summed E-state index contributed by atoms with van der Waals surface area (Å²) >= 11 is 1.58. The molecule has 18 heavy (non-hydrogen) atoms. The minimum atomic E-state index is -0.999. The van der Waals surface area contributed by atoms with E-state index in [-0.39, 0.29) is 5.91 Å². The zero-order chi connectivity index (χ0) is 13.4. The second-order valence-electron chi connectivity index (χ2n) is 4.90. The molecule has 1 saturated carbocycles. The molecule has 0 aromatic heterocycles. The average molecular weight is 273 g/mol. The van der Waals surface area contributed by atoms with Crippen molar-refractivity contribution in [2.24, 2.45) is 0 Å². The lowest BCUT2D eigenvalue weighted by atomic mass is 9.81. The maximum Gasteiger partial charge on any atom is 0.329 e. The van der Waals surface area contributed by atoms with Crippen molar-refractivity contribution in [2.45, 2.75) is 57.4 Å². The molecule has 0 spiro atoms. The van der Waals surface area contributed by atoms with Crippen LogP contribution in [0.5, 0.6) is 0 Å². The summed E-state index contributed by atoms with van der Waals surface area (Å²) in [6.45, 7) is 2.11. The highest BCUT2D eigenvalue weighted by Crippen LogP contribution is 2.28. The van der Waals surface area contributed by atoms with Gasteiger partial charge in [-0.15, -0.1) is 0 Å². The van der Waals surface area contributed by atoms with Gasteiger partial charge >= 0.3 is 5.97 Å². The van der Waals surface area contributed by atoms with E-state index in [9.17, 15) is 14.7 Å². The van der Waals surface area contributed by atoms with Crippen molar-refractivity contribution in [1.29, 1.82) is 0 Å². The highest BCUT2D eigenvalue weighted by Gasteiger charge is 2.40. The number of carbonyl (C=O) groups is 2. The van der Waals surface area contributed by atoms with Gasteiger partial charge in [-0.05, 0) is 25.0 Å². The number of unbranched alkanes of at least 4 members (excludes halogenated alkanes) is 1. The molecule has 0 saturated heterocycles. The van der Waals surface area contributed by atoms with E-state index in [1.54, 1.807) is 11.8 Å². The van der Waals surface area contributed by atoms with E-state index in [1.807, 2.05) is 0 Å². The SMILES string of the molecule is CCCCSCC(=O)NC1(C(=O)O)CCCCC1. The van der Waals surface area contributed by atoms with Crippen molar-refractivity contribution in [3.63, 3.8) is 0 Å². The van der Waals surface area contributed by atoms with Crippen LogP contribution in [0, 0.1) is 0 Å². The van der Waals surface area contributed by atoms with Gasteiger partial charge in [-0.25, -0.2) is 4.79 Å². The molecule has 1 aliphatic rings. The smallest absolute Gasteiger partial charge is 0.329 e. The summed E-state index contributed by atoms with van der Waals surface area (Å²) in [4.78, 5) is 23.2. The molecule has 0 atom stereocenters. The summed E-state index contributed by atoms with van der Waals surface area (Å²) in [5.74, 6) is 0.313. The topological polar surface area (TPSA) is 66.4 Å². The fraction of sp³-hybridized carbons (Fsp3) is 0.846. The summed E-state index contributed by atoms with van der Waals surface area (Å²) in [6, 6.07) is 0. The molecule has 1 amide bonds. The molecule has 4 nitrogen and oxygen atoms in total. The first kappa shape index (κ1) is 15.3. The Morgan fingerprint density at radius 1 is 1.28 bits per heavy atom. The standard InChI is InChI=1S/C13H23NO3S/c1-2-3-9-18-10-11(15)14-13(12(16)17)7-5-4-6-8-13/h2-10H2,1H3,(H,14,15)(H,16,17). The van der Waals surface area contributed by atoms with Crippen LogP contribution in [0.25, 0.3) is 0 Å². The van der Waals surface area contributed by atoms with Crippen molar-refractivity contribution in [3.05, 3.63) is 0 Å². The van der Waals surface area contributed by atoms with Crippen LogP contribution in [0.3, 0.4) is 0 Å². The Morgan fingerprint density at radius 2 is 1.94 bits per heavy atom. The quantitative estimate of drug-likeness (QED) is 0.699. The highest BCUT2D eigenvalue weighted by molar-refractivity contribution is 7.99. The van der Waals surface area contributed by atoms with Crippen molar-refractivity contribution in [2.75, 3.05) is 11.5 Å². The summed E-state index contributed by atoms with van der Waals surface area (Å²) < 4.78 is 0. The molecule has 1 aliphatic carbocycles. The monoisotopic (exact) mass is 273 g/mol. The molecule has 0 radical (unpaired) electrons. The number of thioether (sulfide) groups is 1. The highest BCUT2D eigenvalue weighted by atomic mass is 32.2. The fourth-order valence-corrected chi connectivity index (χ4v) is 3.16. The second-order valence-corrected chi connectivity index (χ2v) is 6.01. The summed E-state index contributed by atoms with van der Waals surface area (Å²) in [5.41, 5.74) is -0.999. The Kier molecular flexibility index (Phi) is 6.54. The average Bonchev–Trinajstić information content (AvgIpc) is 2.35. The van der Waals surface area contributed by atoms with Crippen LogP contribution in [-0.4, -0.2) is 34.0 Å². The van der Waals surface area contributed by atoms with Gasteiger partial charge in [-0.3, -0.25) is 4.79 Å². The number of carboxylic acids is 1. The molecule has 2 N–H and O–H groups in total. The number of hydrogen-bond acceptors (Lipinski definition) is 3. The van der Waals surface area contributed by atoms with E-state index in [1.165, 1.54) is 0 Å². The second kappa shape index (κ2) is 7.67. The van der Waals surface area contributed by atoms with E-state index in [0.717, 1.165) is 37.9 Å². The first-order valence-corrected chi connectivity index (χ1v) is 7.88. The molecule has 1 fully saturated rings. The fourth-order valence-electron chi connectivity index (χ4n) is 2.26. The van der Waals surface area contributed by atoms with Crippen molar-refractivity contribution >= 4 is 23.6 Å². The number of carboxylic acid groups (broad SMARTS) is 1. The van der Waals surface area contributed by atoms with E-state index in [0.29, 0.717) is 18.6 Å². The third-order valence-electron chi connectivity index (χ3n) is 3.37. The number of nitrogens with one attached hydrogen (secondary N) is 1. The molecule has 0 bridgehead atoms. The van der Waals surface area contributed by atoms with Gasteiger partial charge in [0.25, 0.3) is 0 Å². The van der Waals surface area contributed by atoms with Crippen LogP contribution in [0.4, 0.5) is 0 Å².